The van der Waals surface area contributed by atoms with Gasteiger partial charge in [-0.3, -0.25) is 4.79 Å². The van der Waals surface area contributed by atoms with Crippen LogP contribution in [0.15, 0.2) is 18.2 Å². The molecule has 0 saturated carbocycles. The minimum Gasteiger partial charge on any atom is -0.397 e. The van der Waals surface area contributed by atoms with Crippen molar-refractivity contribution in [3.05, 3.63) is 24.0 Å². The Morgan fingerprint density at radius 1 is 1.53 bits per heavy atom. The maximum absolute atomic E-state index is 13.0. The molecule has 4 N–H and O–H groups in total. The SMILES string of the molecule is NC(=O)C1COCCN1c1ccc(F)cc1N. The zero-order valence-corrected chi connectivity index (χ0v) is 9.23. The predicted molar refractivity (Wildman–Crippen MR) is 62.0 cm³/mol. The molecule has 1 aliphatic rings. The van der Waals surface area contributed by atoms with Gasteiger partial charge >= 0.3 is 0 Å². The minimum atomic E-state index is -0.559. The van der Waals surface area contributed by atoms with E-state index in [1.165, 1.54) is 12.1 Å². The molecule has 0 aliphatic carbocycles. The molecule has 1 fully saturated rings. The van der Waals surface area contributed by atoms with Crippen molar-refractivity contribution in [3.63, 3.8) is 0 Å². The van der Waals surface area contributed by atoms with Gasteiger partial charge in [0.15, 0.2) is 0 Å². The zero-order valence-electron chi connectivity index (χ0n) is 9.23. The number of nitrogens with two attached hydrogens (primary N) is 2. The quantitative estimate of drug-likeness (QED) is 0.717. The first-order chi connectivity index (χ1) is 8.09. The Balaban J connectivity index is 2.32. The molecule has 0 radical (unpaired) electrons. The normalized spacial score (nSPS) is 20.3. The van der Waals surface area contributed by atoms with Crippen LogP contribution >= 0.6 is 0 Å². The Bertz CT molecular complexity index is 439. The topological polar surface area (TPSA) is 81.6 Å². The van der Waals surface area contributed by atoms with Crippen molar-refractivity contribution in [1.82, 2.24) is 0 Å². The van der Waals surface area contributed by atoms with Crippen molar-refractivity contribution < 1.29 is 13.9 Å². The first-order valence-corrected chi connectivity index (χ1v) is 5.28. The molecular formula is C11H14FN3O2. The lowest BCUT2D eigenvalue weighted by atomic mass is 10.1. The van der Waals surface area contributed by atoms with Crippen LogP contribution in [0.3, 0.4) is 0 Å². The summed E-state index contributed by atoms with van der Waals surface area (Å²) in [6.45, 7) is 1.22. The van der Waals surface area contributed by atoms with Gasteiger partial charge in [-0.2, -0.15) is 0 Å². The van der Waals surface area contributed by atoms with Gasteiger partial charge in [-0.1, -0.05) is 0 Å². The molecule has 6 heteroatoms. The number of anilines is 2. The fourth-order valence-corrected chi connectivity index (χ4v) is 1.91. The third-order valence-electron chi connectivity index (χ3n) is 2.76. The molecule has 0 bridgehead atoms. The van der Waals surface area contributed by atoms with Gasteiger partial charge in [0, 0.05) is 6.54 Å². The lowest BCUT2D eigenvalue weighted by molar-refractivity contribution is -0.121. The van der Waals surface area contributed by atoms with Gasteiger partial charge in [-0.25, -0.2) is 4.39 Å². The van der Waals surface area contributed by atoms with E-state index in [0.717, 1.165) is 0 Å². The molecule has 1 atom stereocenters. The van der Waals surface area contributed by atoms with Gasteiger partial charge in [0.1, 0.15) is 11.9 Å². The maximum Gasteiger partial charge on any atom is 0.242 e. The highest BCUT2D eigenvalue weighted by Gasteiger charge is 2.28. The Morgan fingerprint density at radius 3 is 2.94 bits per heavy atom. The molecule has 2 rings (SSSR count). The molecule has 1 aromatic carbocycles. The molecule has 1 saturated heterocycles. The summed E-state index contributed by atoms with van der Waals surface area (Å²) in [5.74, 6) is -0.886. The van der Waals surface area contributed by atoms with Crippen molar-refractivity contribution in [2.45, 2.75) is 6.04 Å². The van der Waals surface area contributed by atoms with Crippen LogP contribution in [0.4, 0.5) is 15.8 Å². The van der Waals surface area contributed by atoms with Crippen molar-refractivity contribution in [2.24, 2.45) is 5.73 Å². The molecule has 17 heavy (non-hydrogen) atoms. The second-order valence-electron chi connectivity index (χ2n) is 3.89. The van der Waals surface area contributed by atoms with Gasteiger partial charge in [0.25, 0.3) is 0 Å². The van der Waals surface area contributed by atoms with Gasteiger partial charge in [0.2, 0.25) is 5.91 Å². The second kappa shape index (κ2) is 4.58. The van der Waals surface area contributed by atoms with Crippen LogP contribution in [0.2, 0.25) is 0 Å². The lowest BCUT2D eigenvalue weighted by Gasteiger charge is -2.36. The van der Waals surface area contributed by atoms with E-state index >= 15 is 0 Å². The van der Waals surface area contributed by atoms with Crippen molar-refractivity contribution in [2.75, 3.05) is 30.4 Å². The number of rotatable bonds is 2. The Hall–Kier alpha value is -1.82. The molecule has 1 amide bonds. The Labute approximate surface area is 98.1 Å². The number of primary amides is 1. The van der Waals surface area contributed by atoms with E-state index in [1.54, 1.807) is 11.0 Å². The molecular weight excluding hydrogens is 225 g/mol. The van der Waals surface area contributed by atoms with Gasteiger partial charge in [-0.05, 0) is 18.2 Å². The summed E-state index contributed by atoms with van der Waals surface area (Å²) in [5.41, 5.74) is 11.9. The highest BCUT2D eigenvalue weighted by molar-refractivity contribution is 5.85. The standard InChI is InChI=1S/C11H14FN3O2/c12-7-1-2-9(8(13)5-7)15-3-4-17-6-10(15)11(14)16/h1-2,5,10H,3-4,6,13H2,(H2,14,16). The lowest BCUT2D eigenvalue weighted by Crippen LogP contribution is -2.52. The maximum atomic E-state index is 13.0. The highest BCUT2D eigenvalue weighted by atomic mass is 19.1. The number of amides is 1. The van der Waals surface area contributed by atoms with E-state index < -0.39 is 17.8 Å². The number of hydrogen-bond donors (Lipinski definition) is 2. The first-order valence-electron chi connectivity index (χ1n) is 5.28. The average Bonchev–Trinajstić information content (AvgIpc) is 2.29. The summed E-state index contributed by atoms with van der Waals surface area (Å²) in [6.07, 6.45) is 0. The van der Waals surface area contributed by atoms with Gasteiger partial charge < -0.3 is 21.1 Å². The molecule has 1 aromatic rings. The van der Waals surface area contributed by atoms with Crippen LogP contribution in [0.5, 0.6) is 0 Å². The Kier molecular flexibility index (Phi) is 3.14. The van der Waals surface area contributed by atoms with Crippen LogP contribution in [-0.4, -0.2) is 31.7 Å². The van der Waals surface area contributed by atoms with Crippen molar-refractivity contribution >= 4 is 17.3 Å². The van der Waals surface area contributed by atoms with Crippen molar-refractivity contribution in [1.29, 1.82) is 0 Å². The summed E-state index contributed by atoms with van der Waals surface area (Å²) >= 11 is 0. The number of carbonyl (C=O) groups is 1. The van der Waals surface area contributed by atoms with E-state index in [0.29, 0.717) is 18.8 Å². The van der Waals surface area contributed by atoms with Crippen LogP contribution < -0.4 is 16.4 Å². The second-order valence-corrected chi connectivity index (χ2v) is 3.89. The largest absolute Gasteiger partial charge is 0.397 e. The van der Waals surface area contributed by atoms with E-state index in [-0.39, 0.29) is 12.3 Å². The van der Waals surface area contributed by atoms with E-state index in [9.17, 15) is 9.18 Å². The fraction of sp³-hybridized carbons (Fsp3) is 0.364. The van der Waals surface area contributed by atoms with E-state index in [2.05, 4.69) is 0 Å². The summed E-state index contributed by atoms with van der Waals surface area (Å²) in [4.78, 5) is 13.1. The number of hydrogen-bond acceptors (Lipinski definition) is 4. The zero-order chi connectivity index (χ0) is 12.4. The Morgan fingerprint density at radius 2 is 2.29 bits per heavy atom. The summed E-state index contributed by atoms with van der Waals surface area (Å²) in [5, 5.41) is 0. The van der Waals surface area contributed by atoms with Gasteiger partial charge in [-0.15, -0.1) is 0 Å². The molecule has 1 aliphatic heterocycles. The monoisotopic (exact) mass is 239 g/mol. The van der Waals surface area contributed by atoms with Crippen LogP contribution in [-0.2, 0) is 9.53 Å². The smallest absolute Gasteiger partial charge is 0.242 e. The molecule has 92 valence electrons. The number of benzene rings is 1. The first kappa shape index (κ1) is 11.7. The number of nitrogen functional groups attached to an aromatic ring is 1. The average molecular weight is 239 g/mol. The number of carbonyl (C=O) groups excluding carboxylic acids is 1. The van der Waals surface area contributed by atoms with Crippen LogP contribution in [0, 0.1) is 5.82 Å². The summed E-state index contributed by atoms with van der Waals surface area (Å²) in [7, 11) is 0. The molecule has 0 aromatic heterocycles. The van der Waals surface area contributed by atoms with Gasteiger partial charge in [0.05, 0.1) is 24.6 Å². The van der Waals surface area contributed by atoms with E-state index in [4.69, 9.17) is 16.2 Å². The molecule has 0 spiro atoms. The molecule has 1 unspecified atom stereocenters. The summed E-state index contributed by atoms with van der Waals surface area (Å²) in [6, 6.07) is 3.52. The highest BCUT2D eigenvalue weighted by Crippen LogP contribution is 2.27. The number of ether oxygens (including phenoxy) is 1. The number of halogens is 1. The third kappa shape index (κ3) is 2.31. The molecule has 5 nitrogen and oxygen atoms in total. The van der Waals surface area contributed by atoms with Crippen molar-refractivity contribution in [3.8, 4) is 0 Å². The van der Waals surface area contributed by atoms with Crippen LogP contribution in [0.1, 0.15) is 0 Å². The number of nitrogens with zero attached hydrogens (tertiary/aromatic N) is 1. The predicted octanol–water partition coefficient (Wildman–Crippen LogP) is 0.0984. The fourth-order valence-electron chi connectivity index (χ4n) is 1.91. The third-order valence-corrected chi connectivity index (χ3v) is 2.76. The van der Waals surface area contributed by atoms with E-state index in [1.807, 2.05) is 0 Å². The minimum absolute atomic E-state index is 0.228. The van der Waals surface area contributed by atoms with Crippen LogP contribution in [0.25, 0.3) is 0 Å². The summed E-state index contributed by atoms with van der Waals surface area (Å²) < 4.78 is 18.2. The number of morpholine rings is 1. The molecule has 1 heterocycles.